The summed E-state index contributed by atoms with van der Waals surface area (Å²) in [5.74, 6) is 1.71. The van der Waals surface area contributed by atoms with Crippen LogP contribution < -0.4 is 9.47 Å². The van der Waals surface area contributed by atoms with Gasteiger partial charge in [0.2, 0.25) is 0 Å². The van der Waals surface area contributed by atoms with Gasteiger partial charge in [-0.25, -0.2) is 0 Å². The number of imide groups is 1. The quantitative estimate of drug-likeness (QED) is 0.460. The first kappa shape index (κ1) is 21.8. The Bertz CT molecular complexity index is 1170. The summed E-state index contributed by atoms with van der Waals surface area (Å²) in [6.07, 6.45) is 1.59. The van der Waals surface area contributed by atoms with Crippen molar-refractivity contribution >= 4 is 29.1 Å². The number of aryl methyl sites for hydroxylation is 1. The van der Waals surface area contributed by atoms with Crippen LogP contribution in [-0.4, -0.2) is 30.9 Å². The monoisotopic (exact) mass is 449 g/mol. The fourth-order valence-electron chi connectivity index (χ4n) is 3.51. The Hall–Kier alpha value is -3.45. The zero-order chi connectivity index (χ0) is 22.7. The molecule has 2 amide bonds. The summed E-state index contributed by atoms with van der Waals surface area (Å²) in [5.41, 5.74) is 3.00. The second-order valence-corrected chi connectivity index (χ2v) is 8.31. The van der Waals surface area contributed by atoms with Crippen LogP contribution in [0.1, 0.15) is 22.5 Å². The van der Waals surface area contributed by atoms with Gasteiger partial charge in [0.15, 0.2) is 11.5 Å². The summed E-state index contributed by atoms with van der Waals surface area (Å²) < 4.78 is 16.0. The number of ether oxygens (including phenoxy) is 2. The van der Waals surface area contributed by atoms with E-state index in [9.17, 15) is 9.59 Å². The zero-order valence-electron chi connectivity index (χ0n) is 18.1. The molecule has 0 unspecified atom stereocenters. The Kier molecular flexibility index (Phi) is 6.37. The largest absolute Gasteiger partial charge is 0.493 e. The molecule has 6 nitrogen and oxygen atoms in total. The first-order valence-electron chi connectivity index (χ1n) is 10.1. The second-order valence-electron chi connectivity index (χ2n) is 7.32. The van der Waals surface area contributed by atoms with E-state index in [4.69, 9.17) is 13.9 Å². The Morgan fingerprint density at radius 3 is 2.34 bits per heavy atom. The third kappa shape index (κ3) is 4.29. The maximum absolute atomic E-state index is 13.4. The van der Waals surface area contributed by atoms with Crippen LogP contribution in [0.15, 0.2) is 70.2 Å². The van der Waals surface area contributed by atoms with Crippen molar-refractivity contribution in [1.29, 1.82) is 0 Å². The van der Waals surface area contributed by atoms with Gasteiger partial charge < -0.3 is 13.9 Å². The van der Waals surface area contributed by atoms with Crippen molar-refractivity contribution in [1.82, 2.24) is 4.90 Å². The summed E-state index contributed by atoms with van der Waals surface area (Å²) in [4.78, 5) is 28.5. The normalized spacial score (nSPS) is 13.8. The molecular formula is C25H23NO5S. The molecule has 7 heteroatoms. The van der Waals surface area contributed by atoms with Crippen molar-refractivity contribution in [3.05, 3.63) is 88.2 Å². The number of carbonyl (C=O) groups is 2. The molecule has 0 saturated heterocycles. The Labute approximate surface area is 190 Å². The number of furan rings is 1. The molecule has 0 fully saturated rings. The van der Waals surface area contributed by atoms with Crippen LogP contribution in [0.2, 0.25) is 0 Å². The molecule has 3 aromatic rings. The lowest BCUT2D eigenvalue weighted by Crippen LogP contribution is -2.31. The molecule has 2 heterocycles. The van der Waals surface area contributed by atoms with E-state index in [-0.39, 0.29) is 18.4 Å². The van der Waals surface area contributed by atoms with Crippen LogP contribution in [-0.2, 0) is 21.9 Å². The molecule has 0 bridgehead atoms. The third-order valence-electron chi connectivity index (χ3n) is 5.19. The number of hydrogen-bond acceptors (Lipinski definition) is 6. The minimum absolute atomic E-state index is 0.137. The minimum Gasteiger partial charge on any atom is -0.493 e. The van der Waals surface area contributed by atoms with E-state index in [1.807, 2.05) is 43.3 Å². The van der Waals surface area contributed by atoms with Gasteiger partial charge in [-0.3, -0.25) is 14.5 Å². The van der Waals surface area contributed by atoms with Gasteiger partial charge in [-0.2, -0.15) is 0 Å². The Morgan fingerprint density at radius 1 is 0.938 bits per heavy atom. The highest BCUT2D eigenvalue weighted by Crippen LogP contribution is 2.39. The van der Waals surface area contributed by atoms with Gasteiger partial charge in [-0.05, 0) is 42.3 Å². The molecule has 0 radical (unpaired) electrons. The van der Waals surface area contributed by atoms with Crippen LogP contribution in [0.25, 0.3) is 5.57 Å². The topological polar surface area (TPSA) is 69.0 Å². The van der Waals surface area contributed by atoms with Gasteiger partial charge in [0.1, 0.15) is 5.76 Å². The number of nitrogens with zero attached hydrogens (tertiary/aromatic N) is 1. The second kappa shape index (κ2) is 9.36. The SMILES string of the molecule is COc1ccc(CN2C(=O)C(SCc3ccco3)=C(c3ccc(C)cc3)C2=O)cc1OC. The van der Waals surface area contributed by atoms with E-state index in [1.54, 1.807) is 38.7 Å². The number of benzene rings is 2. The summed E-state index contributed by atoms with van der Waals surface area (Å²) in [6, 6.07) is 16.6. The lowest BCUT2D eigenvalue weighted by atomic mass is 10.0. The van der Waals surface area contributed by atoms with E-state index >= 15 is 0 Å². The molecule has 164 valence electrons. The van der Waals surface area contributed by atoms with Crippen molar-refractivity contribution in [2.75, 3.05) is 14.2 Å². The Balaban J connectivity index is 1.65. The summed E-state index contributed by atoms with van der Waals surface area (Å²) in [5, 5.41) is 0. The number of thioether (sulfide) groups is 1. The highest BCUT2D eigenvalue weighted by Gasteiger charge is 2.39. The molecule has 0 atom stereocenters. The Morgan fingerprint density at radius 2 is 1.69 bits per heavy atom. The van der Waals surface area contributed by atoms with Crippen LogP contribution in [0.5, 0.6) is 11.5 Å². The molecule has 4 rings (SSSR count). The minimum atomic E-state index is -0.310. The molecule has 1 aliphatic rings. The van der Waals surface area contributed by atoms with E-state index < -0.39 is 0 Å². The molecule has 32 heavy (non-hydrogen) atoms. The molecular weight excluding hydrogens is 426 g/mol. The van der Waals surface area contributed by atoms with E-state index in [2.05, 4.69) is 0 Å². The van der Waals surface area contributed by atoms with Gasteiger partial charge in [-0.1, -0.05) is 35.9 Å². The molecule has 0 aliphatic carbocycles. The van der Waals surface area contributed by atoms with E-state index in [0.29, 0.717) is 27.7 Å². The number of hydrogen-bond donors (Lipinski definition) is 0. The predicted molar refractivity (Wildman–Crippen MR) is 123 cm³/mol. The van der Waals surface area contributed by atoms with E-state index in [1.165, 1.54) is 16.7 Å². The van der Waals surface area contributed by atoms with Crippen molar-refractivity contribution in [3.63, 3.8) is 0 Å². The average molecular weight is 450 g/mol. The van der Waals surface area contributed by atoms with Crippen molar-refractivity contribution in [3.8, 4) is 11.5 Å². The van der Waals surface area contributed by atoms with Gasteiger partial charge in [0.05, 0.1) is 43.3 Å². The first-order chi connectivity index (χ1) is 15.5. The van der Waals surface area contributed by atoms with Gasteiger partial charge in [0, 0.05) is 0 Å². The summed E-state index contributed by atoms with van der Waals surface area (Å²) in [6.45, 7) is 2.12. The van der Waals surface area contributed by atoms with Gasteiger partial charge >= 0.3 is 0 Å². The summed E-state index contributed by atoms with van der Waals surface area (Å²) in [7, 11) is 3.11. The lowest BCUT2D eigenvalue weighted by Gasteiger charge is -2.16. The molecule has 0 N–H and O–H groups in total. The van der Waals surface area contributed by atoms with Crippen molar-refractivity contribution in [2.45, 2.75) is 19.2 Å². The first-order valence-corrected chi connectivity index (χ1v) is 11.0. The molecule has 0 spiro atoms. The molecule has 0 saturated carbocycles. The number of methoxy groups -OCH3 is 2. The van der Waals surface area contributed by atoms with E-state index in [0.717, 1.165) is 22.5 Å². The lowest BCUT2D eigenvalue weighted by molar-refractivity contribution is -0.137. The molecule has 1 aliphatic heterocycles. The van der Waals surface area contributed by atoms with Gasteiger partial charge in [-0.15, -0.1) is 11.8 Å². The van der Waals surface area contributed by atoms with Crippen molar-refractivity contribution < 1.29 is 23.5 Å². The number of carbonyl (C=O) groups excluding carboxylic acids is 2. The molecule has 1 aromatic heterocycles. The third-order valence-corrected chi connectivity index (χ3v) is 6.29. The summed E-state index contributed by atoms with van der Waals surface area (Å²) >= 11 is 1.32. The number of amides is 2. The smallest absolute Gasteiger partial charge is 0.268 e. The zero-order valence-corrected chi connectivity index (χ0v) is 18.9. The van der Waals surface area contributed by atoms with Crippen LogP contribution in [0.4, 0.5) is 0 Å². The highest BCUT2D eigenvalue weighted by molar-refractivity contribution is 8.03. The highest BCUT2D eigenvalue weighted by atomic mass is 32.2. The maximum atomic E-state index is 13.4. The predicted octanol–water partition coefficient (Wildman–Crippen LogP) is 4.82. The maximum Gasteiger partial charge on any atom is 0.268 e. The molecule has 2 aromatic carbocycles. The standard InChI is InChI=1S/C25H23NO5S/c1-16-6-9-18(10-7-16)22-23(32-15-19-5-4-12-31-19)25(28)26(24(22)27)14-17-8-11-20(29-2)21(13-17)30-3/h4-13H,14-15H2,1-3H3. The fraction of sp³-hybridized carbons (Fsp3) is 0.200. The number of rotatable bonds is 8. The van der Waals surface area contributed by atoms with Gasteiger partial charge in [0.25, 0.3) is 11.8 Å². The van der Waals surface area contributed by atoms with Crippen LogP contribution in [0.3, 0.4) is 0 Å². The van der Waals surface area contributed by atoms with Crippen LogP contribution in [0, 0.1) is 6.92 Å². The fourth-order valence-corrected chi connectivity index (χ4v) is 4.54. The van der Waals surface area contributed by atoms with Crippen LogP contribution >= 0.6 is 11.8 Å². The van der Waals surface area contributed by atoms with Crippen molar-refractivity contribution in [2.24, 2.45) is 0 Å². The average Bonchev–Trinajstić information content (AvgIpc) is 3.40.